The lowest BCUT2D eigenvalue weighted by molar-refractivity contribution is -0.660. The molecule has 0 spiro atoms. The number of aromatic hydroxyl groups is 1. The Morgan fingerprint density at radius 3 is 2.45 bits per heavy atom. The highest BCUT2D eigenvalue weighted by Gasteiger charge is 2.09. The van der Waals surface area contributed by atoms with E-state index < -0.39 is 0 Å². The summed E-state index contributed by atoms with van der Waals surface area (Å²) < 4.78 is 2.17. The van der Waals surface area contributed by atoms with E-state index in [-0.39, 0.29) is 0 Å². The van der Waals surface area contributed by atoms with E-state index in [1.807, 2.05) is 48.6 Å². The van der Waals surface area contributed by atoms with E-state index in [2.05, 4.69) is 35.5 Å². The first-order valence-corrected chi connectivity index (χ1v) is 7.28. The van der Waals surface area contributed by atoms with Crippen LogP contribution in [0.2, 0.25) is 0 Å². The lowest BCUT2D eigenvalue weighted by Gasteiger charge is -2.03. The van der Waals surface area contributed by atoms with Gasteiger partial charge in [0.2, 0.25) is 5.52 Å². The number of phenols is 1. The van der Waals surface area contributed by atoms with Crippen molar-refractivity contribution >= 4 is 23.1 Å². The average molecular weight is 288 g/mol. The maximum Gasteiger partial charge on any atom is 0.213 e. The third-order valence-corrected chi connectivity index (χ3v) is 3.66. The zero-order chi connectivity index (χ0) is 15.4. The molecular weight excluding hydrogens is 270 g/mol. The summed E-state index contributed by atoms with van der Waals surface area (Å²) in [6.07, 6.45) is 7.93. The van der Waals surface area contributed by atoms with Crippen molar-refractivity contribution in [2.45, 2.75) is 6.54 Å². The van der Waals surface area contributed by atoms with Gasteiger partial charge in [0.15, 0.2) is 12.7 Å². The Bertz CT molecular complexity index is 849. The van der Waals surface area contributed by atoms with Crippen LogP contribution in [0.4, 0.5) is 0 Å². The molecule has 1 N–H and O–H groups in total. The van der Waals surface area contributed by atoms with Crippen molar-refractivity contribution in [2.75, 3.05) is 0 Å². The standard InChI is InChI=1S/C20H17NO/c1-2-14-21-15-13-16(18-8-4-5-9-19(18)21)11-12-17-7-3-6-10-20(17)22/h2-13,15H,1,14H2/p+1. The third-order valence-electron chi connectivity index (χ3n) is 3.66. The normalized spacial score (nSPS) is 11.1. The topological polar surface area (TPSA) is 24.1 Å². The number of benzene rings is 2. The summed E-state index contributed by atoms with van der Waals surface area (Å²) in [5, 5.41) is 11.0. The maximum absolute atomic E-state index is 9.85. The van der Waals surface area contributed by atoms with Crippen molar-refractivity contribution in [3.05, 3.63) is 84.6 Å². The van der Waals surface area contributed by atoms with Gasteiger partial charge in [0.25, 0.3) is 0 Å². The molecule has 0 saturated heterocycles. The molecule has 0 amide bonds. The minimum absolute atomic E-state index is 0.292. The number of allylic oxidation sites excluding steroid dienone is 1. The molecule has 0 aliphatic carbocycles. The highest BCUT2D eigenvalue weighted by atomic mass is 16.3. The molecule has 0 fully saturated rings. The van der Waals surface area contributed by atoms with Crippen LogP contribution in [0.3, 0.4) is 0 Å². The molecular formula is C20H18NO+. The van der Waals surface area contributed by atoms with Crippen molar-refractivity contribution in [3.8, 4) is 5.75 Å². The number of rotatable bonds is 4. The lowest BCUT2D eigenvalue weighted by Crippen LogP contribution is -2.33. The minimum Gasteiger partial charge on any atom is -0.507 e. The number of para-hydroxylation sites is 2. The number of hydrogen-bond acceptors (Lipinski definition) is 1. The number of hydrogen-bond donors (Lipinski definition) is 1. The second kappa shape index (κ2) is 6.27. The van der Waals surface area contributed by atoms with Gasteiger partial charge in [0.1, 0.15) is 5.75 Å². The highest BCUT2D eigenvalue weighted by Crippen LogP contribution is 2.21. The van der Waals surface area contributed by atoms with Gasteiger partial charge >= 0.3 is 0 Å². The van der Waals surface area contributed by atoms with Gasteiger partial charge in [-0.25, -0.2) is 0 Å². The van der Waals surface area contributed by atoms with Crippen molar-refractivity contribution in [2.24, 2.45) is 0 Å². The molecule has 0 bridgehead atoms. The Labute approximate surface area is 130 Å². The molecule has 2 aromatic carbocycles. The van der Waals surface area contributed by atoms with Crippen LogP contribution in [0.5, 0.6) is 5.75 Å². The molecule has 22 heavy (non-hydrogen) atoms. The van der Waals surface area contributed by atoms with Gasteiger partial charge in [0.05, 0.1) is 5.39 Å². The Hall–Kier alpha value is -2.87. The summed E-state index contributed by atoms with van der Waals surface area (Å²) in [6, 6.07) is 17.7. The minimum atomic E-state index is 0.292. The molecule has 2 heteroatoms. The Morgan fingerprint density at radius 1 is 0.909 bits per heavy atom. The molecule has 3 aromatic rings. The lowest BCUT2D eigenvalue weighted by atomic mass is 10.1. The fourth-order valence-corrected chi connectivity index (χ4v) is 2.56. The first-order valence-electron chi connectivity index (χ1n) is 7.28. The quantitative estimate of drug-likeness (QED) is 0.565. The predicted molar refractivity (Wildman–Crippen MR) is 91.4 cm³/mol. The second-order valence-corrected chi connectivity index (χ2v) is 5.12. The summed E-state index contributed by atoms with van der Waals surface area (Å²) in [5.74, 6) is 0.292. The molecule has 0 aliphatic heterocycles. The summed E-state index contributed by atoms with van der Waals surface area (Å²) in [7, 11) is 0. The monoisotopic (exact) mass is 288 g/mol. The molecule has 0 radical (unpaired) electrons. The van der Waals surface area contributed by atoms with Crippen molar-refractivity contribution < 1.29 is 9.67 Å². The molecule has 0 aliphatic rings. The van der Waals surface area contributed by atoms with Gasteiger partial charge in [0, 0.05) is 17.7 Å². The van der Waals surface area contributed by atoms with Crippen molar-refractivity contribution in [3.63, 3.8) is 0 Å². The molecule has 0 saturated carbocycles. The second-order valence-electron chi connectivity index (χ2n) is 5.12. The smallest absolute Gasteiger partial charge is 0.213 e. The van der Waals surface area contributed by atoms with E-state index in [0.29, 0.717) is 5.75 Å². The zero-order valence-corrected chi connectivity index (χ0v) is 12.3. The van der Waals surface area contributed by atoms with Crippen molar-refractivity contribution in [1.82, 2.24) is 0 Å². The van der Waals surface area contributed by atoms with Gasteiger partial charge in [-0.05, 0) is 23.8 Å². The molecule has 3 rings (SSSR count). The Kier molecular flexibility index (Phi) is 4.01. The van der Waals surface area contributed by atoms with Gasteiger partial charge < -0.3 is 5.11 Å². The number of pyridine rings is 1. The number of fused-ring (bicyclic) bond motifs is 1. The predicted octanol–water partition coefficient (Wildman–Crippen LogP) is 4.19. The van der Waals surface area contributed by atoms with Crippen molar-refractivity contribution in [1.29, 1.82) is 0 Å². The van der Waals surface area contributed by atoms with Crippen LogP contribution < -0.4 is 4.57 Å². The van der Waals surface area contributed by atoms with Gasteiger partial charge in [-0.1, -0.05) is 49.1 Å². The summed E-state index contributed by atoms with van der Waals surface area (Å²) in [4.78, 5) is 0. The molecule has 0 unspecified atom stereocenters. The van der Waals surface area contributed by atoms with E-state index >= 15 is 0 Å². The molecule has 1 heterocycles. The SMILES string of the molecule is C=CC[n+]1ccc(C=Cc2ccccc2O)c2ccccc21. The first kappa shape index (κ1) is 14.1. The number of phenolic OH excluding ortho intramolecular Hbond substituents is 1. The number of aromatic nitrogens is 1. The van der Waals surface area contributed by atoms with Crippen LogP contribution in [-0.2, 0) is 6.54 Å². The molecule has 108 valence electrons. The van der Waals surface area contributed by atoms with Crippen LogP contribution >= 0.6 is 0 Å². The third kappa shape index (κ3) is 2.77. The van der Waals surface area contributed by atoms with Gasteiger partial charge in [-0.15, -0.1) is 0 Å². The maximum atomic E-state index is 9.85. The average Bonchev–Trinajstić information content (AvgIpc) is 2.56. The van der Waals surface area contributed by atoms with Crippen LogP contribution in [0.25, 0.3) is 23.1 Å². The van der Waals surface area contributed by atoms with E-state index in [1.165, 1.54) is 10.9 Å². The summed E-state index contributed by atoms with van der Waals surface area (Å²) >= 11 is 0. The fourth-order valence-electron chi connectivity index (χ4n) is 2.56. The van der Waals surface area contributed by atoms with E-state index in [4.69, 9.17) is 0 Å². The van der Waals surface area contributed by atoms with E-state index in [1.54, 1.807) is 6.07 Å². The molecule has 2 nitrogen and oxygen atoms in total. The van der Waals surface area contributed by atoms with Crippen LogP contribution in [-0.4, -0.2) is 5.11 Å². The Morgan fingerprint density at radius 2 is 1.64 bits per heavy atom. The highest BCUT2D eigenvalue weighted by molar-refractivity contribution is 5.89. The van der Waals surface area contributed by atoms with Crippen LogP contribution in [0.1, 0.15) is 11.1 Å². The fraction of sp³-hybridized carbons (Fsp3) is 0.0500. The molecule has 1 aromatic heterocycles. The zero-order valence-electron chi connectivity index (χ0n) is 12.3. The summed E-state index contributed by atoms with van der Waals surface area (Å²) in [5.41, 5.74) is 3.11. The van der Waals surface area contributed by atoms with Crippen LogP contribution in [0.15, 0.2) is 73.4 Å². The number of nitrogens with zero attached hydrogens (tertiary/aromatic N) is 1. The van der Waals surface area contributed by atoms with Gasteiger partial charge in [-0.2, -0.15) is 4.57 Å². The first-order chi connectivity index (χ1) is 10.8. The van der Waals surface area contributed by atoms with E-state index in [9.17, 15) is 5.11 Å². The van der Waals surface area contributed by atoms with Gasteiger partial charge in [-0.3, -0.25) is 0 Å². The summed E-state index contributed by atoms with van der Waals surface area (Å²) in [6.45, 7) is 4.59. The Balaban J connectivity index is 2.07. The molecule has 0 atom stereocenters. The largest absolute Gasteiger partial charge is 0.507 e. The van der Waals surface area contributed by atoms with E-state index in [0.717, 1.165) is 17.7 Å². The van der Waals surface area contributed by atoms with Crippen LogP contribution in [0, 0.1) is 0 Å².